The lowest BCUT2D eigenvalue weighted by atomic mass is 10.1. The van der Waals surface area contributed by atoms with E-state index in [0.29, 0.717) is 0 Å². The summed E-state index contributed by atoms with van der Waals surface area (Å²) in [7, 11) is 0. The molecule has 0 unspecified atom stereocenters. The van der Waals surface area contributed by atoms with Crippen LogP contribution in [0.5, 0.6) is 0 Å². The monoisotopic (exact) mass is 222 g/mol. The van der Waals surface area contributed by atoms with Crippen LogP contribution in [0.4, 0.5) is 0 Å². The molecule has 2 aromatic rings. The number of aromatic carboxylic acids is 1. The van der Waals surface area contributed by atoms with E-state index in [1.54, 1.807) is 24.4 Å². The maximum Gasteiger partial charge on any atom is 0.337 e. The third-order valence-corrected chi connectivity index (χ3v) is 2.34. The third kappa shape index (κ3) is 1.85. The van der Waals surface area contributed by atoms with Gasteiger partial charge in [-0.05, 0) is 18.2 Å². The summed E-state index contributed by atoms with van der Waals surface area (Å²) in [4.78, 5) is 10.8. The largest absolute Gasteiger partial charge is 0.478 e. The van der Waals surface area contributed by atoms with E-state index in [1.807, 2.05) is 0 Å². The van der Waals surface area contributed by atoms with Crippen LogP contribution in [-0.4, -0.2) is 21.3 Å². The minimum absolute atomic E-state index is 0.0868. The molecule has 0 radical (unpaired) electrons. The second-order valence-corrected chi connectivity index (χ2v) is 3.38. The van der Waals surface area contributed by atoms with Gasteiger partial charge in [-0.2, -0.15) is 5.10 Å². The summed E-state index contributed by atoms with van der Waals surface area (Å²) >= 11 is 5.75. The Morgan fingerprint density at radius 3 is 2.80 bits per heavy atom. The number of benzene rings is 1. The molecule has 2 N–H and O–H groups in total. The first kappa shape index (κ1) is 9.73. The summed E-state index contributed by atoms with van der Waals surface area (Å²) < 4.78 is 0. The average molecular weight is 223 g/mol. The summed E-state index contributed by atoms with van der Waals surface area (Å²) in [6, 6.07) is 6.57. The van der Waals surface area contributed by atoms with Crippen molar-refractivity contribution in [2.75, 3.05) is 0 Å². The quantitative estimate of drug-likeness (QED) is 0.820. The van der Waals surface area contributed by atoms with Gasteiger partial charge in [0.25, 0.3) is 0 Å². The molecule has 5 heteroatoms. The van der Waals surface area contributed by atoms with Crippen LogP contribution in [-0.2, 0) is 0 Å². The van der Waals surface area contributed by atoms with Crippen LogP contribution >= 0.6 is 11.6 Å². The van der Waals surface area contributed by atoms with E-state index in [9.17, 15) is 4.79 Å². The highest BCUT2D eigenvalue weighted by atomic mass is 35.5. The molecule has 1 aromatic carbocycles. The van der Waals surface area contributed by atoms with E-state index in [4.69, 9.17) is 16.7 Å². The Labute approximate surface area is 90.5 Å². The Kier molecular flexibility index (Phi) is 2.43. The molecule has 0 spiro atoms. The normalized spacial score (nSPS) is 10.2. The Balaban J connectivity index is 2.52. The summed E-state index contributed by atoms with van der Waals surface area (Å²) in [5.74, 6) is -1.04. The minimum Gasteiger partial charge on any atom is -0.478 e. The highest BCUT2D eigenvalue weighted by Gasteiger charge is 2.10. The zero-order chi connectivity index (χ0) is 10.8. The summed E-state index contributed by atoms with van der Waals surface area (Å²) in [6.45, 7) is 0. The number of carbonyl (C=O) groups is 1. The van der Waals surface area contributed by atoms with Crippen molar-refractivity contribution in [3.63, 3.8) is 0 Å². The standard InChI is InChI=1S/C10H7ClN2O2/c11-8-2-1-6(5-7(8)10(14)15)9-3-4-12-13-9/h1-5H,(H,12,13)(H,14,15). The van der Waals surface area contributed by atoms with Crippen molar-refractivity contribution in [1.29, 1.82) is 0 Å². The van der Waals surface area contributed by atoms with Crippen LogP contribution in [0, 0.1) is 0 Å². The Morgan fingerprint density at radius 2 is 2.20 bits per heavy atom. The lowest BCUT2D eigenvalue weighted by molar-refractivity contribution is 0.0697. The van der Waals surface area contributed by atoms with E-state index >= 15 is 0 Å². The number of carboxylic acids is 1. The average Bonchev–Trinajstić information content (AvgIpc) is 2.71. The van der Waals surface area contributed by atoms with Crippen LogP contribution in [0.15, 0.2) is 30.5 Å². The van der Waals surface area contributed by atoms with Gasteiger partial charge in [-0.15, -0.1) is 0 Å². The maximum atomic E-state index is 10.8. The molecule has 4 nitrogen and oxygen atoms in total. The Hall–Kier alpha value is -1.81. The van der Waals surface area contributed by atoms with Crippen LogP contribution in [0.2, 0.25) is 5.02 Å². The molecule has 2 rings (SSSR count). The molecule has 0 saturated carbocycles. The zero-order valence-electron chi connectivity index (χ0n) is 7.57. The molecular formula is C10H7ClN2O2. The van der Waals surface area contributed by atoms with Gasteiger partial charge in [0, 0.05) is 11.8 Å². The molecule has 0 bridgehead atoms. The number of H-pyrrole nitrogens is 1. The maximum absolute atomic E-state index is 10.8. The number of aromatic nitrogens is 2. The zero-order valence-corrected chi connectivity index (χ0v) is 8.32. The first-order valence-corrected chi connectivity index (χ1v) is 4.59. The Morgan fingerprint density at radius 1 is 1.40 bits per heavy atom. The minimum atomic E-state index is -1.04. The number of rotatable bonds is 2. The predicted octanol–water partition coefficient (Wildman–Crippen LogP) is 2.43. The van der Waals surface area contributed by atoms with Gasteiger partial charge in [0.1, 0.15) is 0 Å². The van der Waals surface area contributed by atoms with Gasteiger partial charge in [0.15, 0.2) is 0 Å². The highest BCUT2D eigenvalue weighted by molar-refractivity contribution is 6.33. The topological polar surface area (TPSA) is 66.0 Å². The van der Waals surface area contributed by atoms with Gasteiger partial charge in [-0.25, -0.2) is 4.79 Å². The van der Waals surface area contributed by atoms with Crippen LogP contribution in [0.3, 0.4) is 0 Å². The van der Waals surface area contributed by atoms with Crippen molar-refractivity contribution in [2.45, 2.75) is 0 Å². The van der Waals surface area contributed by atoms with Gasteiger partial charge in [0.05, 0.1) is 16.3 Å². The van der Waals surface area contributed by atoms with Crippen molar-refractivity contribution in [1.82, 2.24) is 10.2 Å². The third-order valence-electron chi connectivity index (χ3n) is 2.01. The number of hydrogen-bond acceptors (Lipinski definition) is 2. The van der Waals surface area contributed by atoms with Gasteiger partial charge in [-0.1, -0.05) is 17.7 Å². The van der Waals surface area contributed by atoms with Gasteiger partial charge in [0.2, 0.25) is 0 Å². The van der Waals surface area contributed by atoms with Crippen LogP contribution in [0.1, 0.15) is 10.4 Å². The van der Waals surface area contributed by atoms with Crippen molar-refractivity contribution in [3.8, 4) is 11.3 Å². The molecule has 0 amide bonds. The second kappa shape index (κ2) is 3.74. The van der Waals surface area contributed by atoms with E-state index < -0.39 is 5.97 Å². The molecule has 15 heavy (non-hydrogen) atoms. The van der Waals surface area contributed by atoms with Crippen molar-refractivity contribution in [3.05, 3.63) is 41.0 Å². The second-order valence-electron chi connectivity index (χ2n) is 2.97. The van der Waals surface area contributed by atoms with Gasteiger partial charge in [-0.3, -0.25) is 5.10 Å². The number of nitrogens with one attached hydrogen (secondary N) is 1. The SMILES string of the molecule is O=C(O)c1cc(-c2ccn[nH]2)ccc1Cl. The number of nitrogens with zero attached hydrogens (tertiary/aromatic N) is 1. The van der Waals surface area contributed by atoms with Gasteiger partial charge < -0.3 is 5.11 Å². The van der Waals surface area contributed by atoms with E-state index in [1.165, 1.54) is 6.07 Å². The van der Waals surface area contributed by atoms with Crippen molar-refractivity contribution >= 4 is 17.6 Å². The summed E-state index contributed by atoms with van der Waals surface area (Å²) in [5, 5.41) is 15.6. The molecule has 0 aliphatic rings. The summed E-state index contributed by atoms with van der Waals surface area (Å²) in [6.07, 6.45) is 1.60. The number of carboxylic acid groups (broad SMARTS) is 1. The first-order chi connectivity index (χ1) is 7.18. The molecule has 76 valence electrons. The van der Waals surface area contributed by atoms with Gasteiger partial charge >= 0.3 is 5.97 Å². The Bertz CT molecular complexity index is 494. The van der Waals surface area contributed by atoms with Crippen molar-refractivity contribution in [2.24, 2.45) is 0 Å². The molecule has 0 fully saturated rings. The number of hydrogen-bond donors (Lipinski definition) is 2. The predicted molar refractivity (Wildman–Crippen MR) is 56.0 cm³/mol. The fourth-order valence-corrected chi connectivity index (χ4v) is 1.47. The van der Waals surface area contributed by atoms with Crippen LogP contribution in [0.25, 0.3) is 11.3 Å². The first-order valence-electron chi connectivity index (χ1n) is 4.21. The fourth-order valence-electron chi connectivity index (χ4n) is 1.27. The van der Waals surface area contributed by atoms with E-state index in [2.05, 4.69) is 10.2 Å². The smallest absolute Gasteiger partial charge is 0.337 e. The molecule has 1 heterocycles. The molecular weight excluding hydrogens is 216 g/mol. The fraction of sp³-hybridized carbons (Fsp3) is 0. The molecule has 0 saturated heterocycles. The molecule has 0 aliphatic carbocycles. The van der Waals surface area contributed by atoms with Crippen molar-refractivity contribution < 1.29 is 9.90 Å². The van der Waals surface area contributed by atoms with E-state index in [0.717, 1.165) is 11.3 Å². The molecule has 0 atom stereocenters. The van der Waals surface area contributed by atoms with E-state index in [-0.39, 0.29) is 10.6 Å². The molecule has 1 aromatic heterocycles. The highest BCUT2D eigenvalue weighted by Crippen LogP contribution is 2.23. The molecule has 0 aliphatic heterocycles. The summed E-state index contributed by atoms with van der Waals surface area (Å²) in [5.41, 5.74) is 1.59. The van der Waals surface area contributed by atoms with Crippen LogP contribution < -0.4 is 0 Å². The lowest BCUT2D eigenvalue weighted by Gasteiger charge is -2.01. The number of halogens is 1. The lowest BCUT2D eigenvalue weighted by Crippen LogP contribution is -1.97. The number of aromatic amines is 1.